The second-order valence-electron chi connectivity index (χ2n) is 7.65. The summed E-state index contributed by atoms with van der Waals surface area (Å²) in [5.41, 5.74) is 1.69. The van der Waals surface area contributed by atoms with E-state index < -0.39 is 15.9 Å². The lowest BCUT2D eigenvalue weighted by Crippen LogP contribution is -2.40. The predicted molar refractivity (Wildman–Crippen MR) is 121 cm³/mol. The van der Waals surface area contributed by atoms with Gasteiger partial charge in [0.25, 0.3) is 5.91 Å². The third-order valence-corrected chi connectivity index (χ3v) is 7.32. The molecule has 1 aromatic heterocycles. The van der Waals surface area contributed by atoms with Gasteiger partial charge in [-0.2, -0.15) is 0 Å². The minimum absolute atomic E-state index is 0.0627. The zero-order chi connectivity index (χ0) is 22.7. The molecule has 1 amide bonds. The Morgan fingerprint density at radius 1 is 1.22 bits per heavy atom. The highest BCUT2D eigenvalue weighted by Gasteiger charge is 2.36. The Balaban J connectivity index is 1.59. The minimum atomic E-state index is -3.18. The molecule has 1 atom stereocenters. The molecule has 1 aliphatic rings. The van der Waals surface area contributed by atoms with E-state index in [4.69, 9.17) is 20.9 Å². The van der Waals surface area contributed by atoms with E-state index in [2.05, 4.69) is 5.16 Å². The normalized spacial score (nSPS) is 17.2. The molecule has 2 aromatic carbocycles. The maximum atomic E-state index is 13.4. The topological polar surface area (TPSA) is 89.7 Å². The fourth-order valence-electron chi connectivity index (χ4n) is 3.76. The third kappa shape index (κ3) is 5.14. The van der Waals surface area contributed by atoms with Gasteiger partial charge < -0.3 is 14.2 Å². The summed E-state index contributed by atoms with van der Waals surface area (Å²) in [6.07, 6.45) is 0.387. The Morgan fingerprint density at radius 3 is 2.66 bits per heavy atom. The quantitative estimate of drug-likeness (QED) is 0.509. The van der Waals surface area contributed by atoms with E-state index in [1.165, 1.54) is 0 Å². The van der Waals surface area contributed by atoms with Crippen molar-refractivity contribution in [1.29, 1.82) is 0 Å². The van der Waals surface area contributed by atoms with Crippen LogP contribution >= 0.6 is 11.6 Å². The molecule has 2 heterocycles. The van der Waals surface area contributed by atoms with E-state index in [0.29, 0.717) is 23.8 Å². The number of aromatic nitrogens is 1. The van der Waals surface area contributed by atoms with Gasteiger partial charge in [-0.15, -0.1) is 0 Å². The third-order valence-electron chi connectivity index (χ3n) is 5.33. The van der Waals surface area contributed by atoms with Crippen molar-refractivity contribution in [2.75, 3.05) is 18.1 Å². The molecule has 0 saturated carbocycles. The molecule has 0 radical (unpaired) electrons. The van der Waals surface area contributed by atoms with Crippen LogP contribution in [0.2, 0.25) is 5.02 Å². The molecular weight excluding hydrogens is 452 g/mol. The second-order valence-corrected chi connectivity index (χ2v) is 10.3. The SMILES string of the molecule is CCOc1ccc(-c2cc(C(=O)N(Cc3cccc(Cl)c3)C3CCS(=O)(=O)C3)no2)cc1. The fraction of sp³-hybridized carbons (Fsp3) is 0.304. The van der Waals surface area contributed by atoms with Gasteiger partial charge in [0.2, 0.25) is 0 Å². The Hall–Kier alpha value is -2.84. The van der Waals surface area contributed by atoms with Crippen LogP contribution in [0.15, 0.2) is 59.1 Å². The van der Waals surface area contributed by atoms with E-state index in [1.54, 1.807) is 29.2 Å². The summed E-state index contributed by atoms with van der Waals surface area (Å²) in [4.78, 5) is 14.9. The average molecular weight is 475 g/mol. The highest BCUT2D eigenvalue weighted by atomic mass is 35.5. The number of halogens is 1. The zero-order valence-corrected chi connectivity index (χ0v) is 19.1. The van der Waals surface area contributed by atoms with Gasteiger partial charge in [-0.3, -0.25) is 4.79 Å². The Morgan fingerprint density at radius 2 is 2.00 bits per heavy atom. The first kappa shape index (κ1) is 22.4. The van der Waals surface area contributed by atoms with Crippen LogP contribution in [0.1, 0.15) is 29.4 Å². The highest BCUT2D eigenvalue weighted by molar-refractivity contribution is 7.91. The van der Waals surface area contributed by atoms with E-state index >= 15 is 0 Å². The summed E-state index contributed by atoms with van der Waals surface area (Å²) in [6.45, 7) is 2.71. The van der Waals surface area contributed by atoms with Crippen LogP contribution in [0, 0.1) is 0 Å². The average Bonchev–Trinajstić information content (AvgIpc) is 3.39. The van der Waals surface area contributed by atoms with Crippen molar-refractivity contribution in [3.05, 3.63) is 70.9 Å². The van der Waals surface area contributed by atoms with Gasteiger partial charge in [-0.25, -0.2) is 8.42 Å². The van der Waals surface area contributed by atoms with E-state index in [1.807, 2.05) is 37.3 Å². The molecule has 168 valence electrons. The van der Waals surface area contributed by atoms with Crippen molar-refractivity contribution in [2.24, 2.45) is 0 Å². The Kier molecular flexibility index (Phi) is 6.53. The van der Waals surface area contributed by atoms with Crippen LogP contribution in [0.4, 0.5) is 0 Å². The number of benzene rings is 2. The van der Waals surface area contributed by atoms with Gasteiger partial charge in [-0.1, -0.05) is 28.9 Å². The van der Waals surface area contributed by atoms with Gasteiger partial charge in [0, 0.05) is 29.2 Å². The largest absolute Gasteiger partial charge is 0.494 e. The predicted octanol–water partition coefficient (Wildman–Crippen LogP) is 4.22. The number of hydrogen-bond acceptors (Lipinski definition) is 6. The van der Waals surface area contributed by atoms with Gasteiger partial charge in [0.1, 0.15) is 5.75 Å². The van der Waals surface area contributed by atoms with Crippen LogP contribution in [0.5, 0.6) is 5.75 Å². The number of carbonyl (C=O) groups is 1. The Bertz CT molecular complexity index is 1210. The van der Waals surface area contributed by atoms with Gasteiger partial charge in [0.15, 0.2) is 21.3 Å². The van der Waals surface area contributed by atoms with Crippen LogP contribution in [0.3, 0.4) is 0 Å². The summed E-state index contributed by atoms with van der Waals surface area (Å²) in [5, 5.41) is 4.52. The Labute approximate surface area is 191 Å². The van der Waals surface area contributed by atoms with Gasteiger partial charge in [-0.05, 0) is 55.3 Å². The number of hydrogen-bond donors (Lipinski definition) is 0. The molecule has 1 saturated heterocycles. The van der Waals surface area contributed by atoms with Gasteiger partial charge in [0.05, 0.1) is 18.1 Å². The number of amides is 1. The number of nitrogens with zero attached hydrogens (tertiary/aromatic N) is 2. The number of sulfone groups is 1. The van der Waals surface area contributed by atoms with E-state index in [-0.39, 0.29) is 29.7 Å². The molecule has 7 nitrogen and oxygen atoms in total. The monoisotopic (exact) mass is 474 g/mol. The molecule has 0 aliphatic carbocycles. The number of ether oxygens (including phenoxy) is 1. The fourth-order valence-corrected chi connectivity index (χ4v) is 5.70. The molecule has 1 fully saturated rings. The second kappa shape index (κ2) is 9.34. The molecule has 4 rings (SSSR count). The van der Waals surface area contributed by atoms with Crippen LogP contribution in [0.25, 0.3) is 11.3 Å². The molecular formula is C23H23ClN2O5S. The summed E-state index contributed by atoms with van der Waals surface area (Å²) >= 11 is 6.10. The molecule has 0 spiro atoms. The molecule has 1 aliphatic heterocycles. The summed E-state index contributed by atoms with van der Waals surface area (Å²) in [5.74, 6) is 0.796. The van der Waals surface area contributed by atoms with Crippen molar-refractivity contribution in [1.82, 2.24) is 10.1 Å². The number of rotatable bonds is 7. The zero-order valence-electron chi connectivity index (χ0n) is 17.5. The van der Waals surface area contributed by atoms with Crippen molar-refractivity contribution in [3.63, 3.8) is 0 Å². The van der Waals surface area contributed by atoms with Gasteiger partial charge >= 0.3 is 0 Å². The molecule has 9 heteroatoms. The molecule has 0 bridgehead atoms. The van der Waals surface area contributed by atoms with Crippen molar-refractivity contribution < 1.29 is 22.5 Å². The first-order chi connectivity index (χ1) is 15.3. The minimum Gasteiger partial charge on any atom is -0.494 e. The number of carbonyl (C=O) groups excluding carboxylic acids is 1. The maximum Gasteiger partial charge on any atom is 0.276 e. The van der Waals surface area contributed by atoms with E-state index in [9.17, 15) is 13.2 Å². The molecule has 3 aromatic rings. The van der Waals surface area contributed by atoms with Crippen molar-refractivity contribution in [3.8, 4) is 17.1 Å². The smallest absolute Gasteiger partial charge is 0.276 e. The van der Waals surface area contributed by atoms with Crippen molar-refractivity contribution in [2.45, 2.75) is 25.9 Å². The first-order valence-electron chi connectivity index (χ1n) is 10.3. The van der Waals surface area contributed by atoms with Crippen LogP contribution < -0.4 is 4.74 Å². The molecule has 1 unspecified atom stereocenters. The molecule has 0 N–H and O–H groups in total. The lowest BCUT2D eigenvalue weighted by Gasteiger charge is -2.27. The van der Waals surface area contributed by atoms with Crippen LogP contribution in [-0.4, -0.2) is 48.5 Å². The highest BCUT2D eigenvalue weighted by Crippen LogP contribution is 2.26. The maximum absolute atomic E-state index is 13.4. The summed E-state index contributed by atoms with van der Waals surface area (Å²) in [6, 6.07) is 15.6. The standard InChI is InChI=1S/C23H23ClN2O5S/c1-2-30-20-8-6-17(7-9-20)22-13-21(25-31-22)23(27)26(19-10-11-32(28,29)15-19)14-16-4-3-5-18(24)12-16/h3-9,12-13,19H,2,10-11,14-15H2,1H3. The summed E-state index contributed by atoms with van der Waals surface area (Å²) in [7, 11) is -3.18. The lowest BCUT2D eigenvalue weighted by molar-refractivity contribution is 0.0670. The first-order valence-corrected chi connectivity index (χ1v) is 12.5. The lowest BCUT2D eigenvalue weighted by atomic mass is 10.1. The van der Waals surface area contributed by atoms with Crippen LogP contribution in [-0.2, 0) is 16.4 Å². The summed E-state index contributed by atoms with van der Waals surface area (Å²) < 4.78 is 35.0. The molecule has 32 heavy (non-hydrogen) atoms. The van der Waals surface area contributed by atoms with Crippen molar-refractivity contribution >= 4 is 27.3 Å². The van der Waals surface area contributed by atoms with E-state index in [0.717, 1.165) is 16.9 Å².